The SMILES string of the molecule is CC1NC(=O)CCN(C2CCCCCCC2)C1=O. The van der Waals surface area contributed by atoms with E-state index in [1.54, 1.807) is 6.92 Å². The lowest BCUT2D eigenvalue weighted by atomic mass is 9.95. The van der Waals surface area contributed by atoms with Gasteiger partial charge in [-0.15, -0.1) is 0 Å². The van der Waals surface area contributed by atoms with E-state index in [9.17, 15) is 9.59 Å². The summed E-state index contributed by atoms with van der Waals surface area (Å²) in [5.74, 6) is 0.107. The lowest BCUT2D eigenvalue weighted by Gasteiger charge is -2.33. The third-order valence-electron chi connectivity index (χ3n) is 4.13. The van der Waals surface area contributed by atoms with E-state index in [0.29, 0.717) is 19.0 Å². The summed E-state index contributed by atoms with van der Waals surface area (Å²) >= 11 is 0. The highest BCUT2D eigenvalue weighted by atomic mass is 16.2. The molecule has 0 bridgehead atoms. The van der Waals surface area contributed by atoms with Gasteiger partial charge in [0, 0.05) is 19.0 Å². The van der Waals surface area contributed by atoms with Crippen LogP contribution in [0.5, 0.6) is 0 Å². The summed E-state index contributed by atoms with van der Waals surface area (Å²) in [6.07, 6.45) is 8.98. The summed E-state index contributed by atoms with van der Waals surface area (Å²) in [4.78, 5) is 25.8. The van der Waals surface area contributed by atoms with Crippen LogP contribution >= 0.6 is 0 Å². The van der Waals surface area contributed by atoms with Crippen molar-refractivity contribution >= 4 is 11.8 Å². The van der Waals surface area contributed by atoms with Crippen LogP contribution < -0.4 is 5.32 Å². The molecule has 1 saturated carbocycles. The zero-order chi connectivity index (χ0) is 13.0. The molecule has 0 spiro atoms. The van der Waals surface area contributed by atoms with Gasteiger partial charge in [-0.3, -0.25) is 9.59 Å². The van der Waals surface area contributed by atoms with Crippen molar-refractivity contribution in [2.75, 3.05) is 6.54 Å². The second kappa shape index (κ2) is 6.21. The number of hydrogen-bond donors (Lipinski definition) is 1. The van der Waals surface area contributed by atoms with Crippen LogP contribution in [0.15, 0.2) is 0 Å². The zero-order valence-corrected chi connectivity index (χ0v) is 11.3. The van der Waals surface area contributed by atoms with Gasteiger partial charge < -0.3 is 10.2 Å². The molecule has 2 fully saturated rings. The summed E-state index contributed by atoms with van der Waals surface area (Å²) in [6.45, 7) is 2.39. The number of amides is 2. The Morgan fingerprint density at radius 3 is 2.33 bits per heavy atom. The van der Waals surface area contributed by atoms with Crippen molar-refractivity contribution < 1.29 is 9.59 Å². The maximum Gasteiger partial charge on any atom is 0.245 e. The van der Waals surface area contributed by atoms with Gasteiger partial charge >= 0.3 is 0 Å². The van der Waals surface area contributed by atoms with Crippen LogP contribution in [0.1, 0.15) is 58.3 Å². The summed E-state index contributed by atoms with van der Waals surface area (Å²) in [7, 11) is 0. The first-order valence-electron chi connectivity index (χ1n) is 7.28. The Bertz CT molecular complexity index is 309. The van der Waals surface area contributed by atoms with Crippen molar-refractivity contribution in [2.45, 2.75) is 70.4 Å². The van der Waals surface area contributed by atoms with E-state index in [2.05, 4.69) is 5.32 Å². The minimum absolute atomic E-state index is 0.00388. The van der Waals surface area contributed by atoms with Crippen molar-refractivity contribution in [3.63, 3.8) is 0 Å². The molecule has 18 heavy (non-hydrogen) atoms. The number of carbonyl (C=O) groups excluding carboxylic acids is 2. The van der Waals surface area contributed by atoms with Crippen molar-refractivity contribution in [1.29, 1.82) is 0 Å². The van der Waals surface area contributed by atoms with Crippen molar-refractivity contribution in [2.24, 2.45) is 0 Å². The number of nitrogens with zero attached hydrogens (tertiary/aromatic N) is 1. The highest BCUT2D eigenvalue weighted by Crippen LogP contribution is 2.23. The van der Waals surface area contributed by atoms with Crippen LogP contribution in [0.2, 0.25) is 0 Å². The molecule has 1 atom stereocenters. The van der Waals surface area contributed by atoms with E-state index < -0.39 is 0 Å². The largest absolute Gasteiger partial charge is 0.345 e. The Kier molecular flexibility index (Phi) is 4.61. The quantitative estimate of drug-likeness (QED) is 0.774. The van der Waals surface area contributed by atoms with E-state index in [1.807, 2.05) is 4.90 Å². The second-order valence-corrected chi connectivity index (χ2v) is 5.57. The van der Waals surface area contributed by atoms with Gasteiger partial charge in [0.15, 0.2) is 0 Å². The van der Waals surface area contributed by atoms with Gasteiger partial charge in [0.2, 0.25) is 11.8 Å². The summed E-state index contributed by atoms with van der Waals surface area (Å²) in [5.41, 5.74) is 0. The maximum absolute atomic E-state index is 12.3. The van der Waals surface area contributed by atoms with Crippen LogP contribution in [-0.2, 0) is 9.59 Å². The number of hydrogen-bond acceptors (Lipinski definition) is 2. The summed E-state index contributed by atoms with van der Waals surface area (Å²) < 4.78 is 0. The minimum atomic E-state index is -0.356. The molecule has 2 rings (SSSR count). The van der Waals surface area contributed by atoms with Crippen LogP contribution in [0.25, 0.3) is 0 Å². The first kappa shape index (κ1) is 13.4. The third kappa shape index (κ3) is 3.24. The van der Waals surface area contributed by atoms with E-state index in [-0.39, 0.29) is 17.9 Å². The average Bonchev–Trinajstić information content (AvgIpc) is 2.41. The van der Waals surface area contributed by atoms with Crippen LogP contribution in [0.3, 0.4) is 0 Å². The molecular weight excluding hydrogens is 228 g/mol. The van der Waals surface area contributed by atoms with Gasteiger partial charge in [0.1, 0.15) is 6.04 Å². The van der Waals surface area contributed by atoms with Crippen molar-refractivity contribution in [3.8, 4) is 0 Å². The van der Waals surface area contributed by atoms with Gasteiger partial charge in [-0.25, -0.2) is 0 Å². The van der Waals surface area contributed by atoms with Gasteiger partial charge in [0.25, 0.3) is 0 Å². The molecule has 1 unspecified atom stereocenters. The summed E-state index contributed by atoms with van der Waals surface area (Å²) in [6, 6.07) is -0.00149. The molecule has 0 radical (unpaired) electrons. The number of rotatable bonds is 1. The molecule has 0 aromatic rings. The molecule has 102 valence electrons. The Hall–Kier alpha value is -1.06. The van der Waals surface area contributed by atoms with E-state index in [4.69, 9.17) is 0 Å². The first-order valence-corrected chi connectivity index (χ1v) is 7.28. The topological polar surface area (TPSA) is 49.4 Å². The highest BCUT2D eigenvalue weighted by Gasteiger charge is 2.31. The third-order valence-corrected chi connectivity index (χ3v) is 4.13. The number of nitrogens with one attached hydrogen (secondary N) is 1. The lowest BCUT2D eigenvalue weighted by molar-refractivity contribution is -0.135. The van der Waals surface area contributed by atoms with E-state index in [1.165, 1.54) is 32.1 Å². The lowest BCUT2D eigenvalue weighted by Crippen LogP contribution is -2.47. The fourth-order valence-corrected chi connectivity index (χ4v) is 3.07. The van der Waals surface area contributed by atoms with Crippen molar-refractivity contribution in [1.82, 2.24) is 10.2 Å². The molecule has 1 N–H and O–H groups in total. The Morgan fingerprint density at radius 2 is 1.67 bits per heavy atom. The minimum Gasteiger partial charge on any atom is -0.345 e. The Morgan fingerprint density at radius 1 is 1.06 bits per heavy atom. The van der Waals surface area contributed by atoms with Gasteiger partial charge in [-0.1, -0.05) is 32.1 Å². The Labute approximate surface area is 109 Å². The smallest absolute Gasteiger partial charge is 0.245 e. The van der Waals surface area contributed by atoms with Crippen LogP contribution in [-0.4, -0.2) is 35.3 Å². The molecule has 0 aromatic carbocycles. The normalized spacial score (nSPS) is 28.3. The molecule has 1 aliphatic carbocycles. The van der Waals surface area contributed by atoms with Gasteiger partial charge in [0.05, 0.1) is 0 Å². The molecule has 0 aromatic heterocycles. The van der Waals surface area contributed by atoms with E-state index >= 15 is 0 Å². The van der Waals surface area contributed by atoms with Gasteiger partial charge in [-0.05, 0) is 19.8 Å². The fraction of sp³-hybridized carbons (Fsp3) is 0.857. The molecule has 1 heterocycles. The summed E-state index contributed by atoms with van der Waals surface area (Å²) in [5, 5.41) is 2.76. The molecule has 2 amide bonds. The standard InChI is InChI=1S/C14H24N2O2/c1-11-14(18)16(10-9-13(17)15-11)12-7-5-3-2-4-6-8-12/h11-12H,2-10H2,1H3,(H,15,17). The second-order valence-electron chi connectivity index (χ2n) is 5.57. The molecule has 4 heteroatoms. The first-order chi connectivity index (χ1) is 8.68. The van der Waals surface area contributed by atoms with E-state index in [0.717, 1.165) is 12.8 Å². The monoisotopic (exact) mass is 252 g/mol. The molecule has 4 nitrogen and oxygen atoms in total. The molecule has 2 aliphatic rings. The van der Waals surface area contributed by atoms with Crippen molar-refractivity contribution in [3.05, 3.63) is 0 Å². The van der Waals surface area contributed by atoms with Gasteiger partial charge in [-0.2, -0.15) is 0 Å². The molecular formula is C14H24N2O2. The zero-order valence-electron chi connectivity index (χ0n) is 11.3. The Balaban J connectivity index is 2.03. The van der Waals surface area contributed by atoms with Crippen LogP contribution in [0.4, 0.5) is 0 Å². The predicted molar refractivity (Wildman–Crippen MR) is 70.0 cm³/mol. The highest BCUT2D eigenvalue weighted by molar-refractivity contribution is 5.89. The molecule has 1 aliphatic heterocycles. The predicted octanol–water partition coefficient (Wildman–Crippen LogP) is 1.84. The fourth-order valence-electron chi connectivity index (χ4n) is 3.07. The average molecular weight is 252 g/mol. The maximum atomic E-state index is 12.3. The van der Waals surface area contributed by atoms with Crippen LogP contribution in [0, 0.1) is 0 Å². The number of carbonyl (C=O) groups is 2. The molecule has 1 saturated heterocycles.